The van der Waals surface area contributed by atoms with Gasteiger partial charge in [0, 0.05) is 5.92 Å². The van der Waals surface area contributed by atoms with Crippen LogP contribution in [0, 0.1) is 17.8 Å². The van der Waals surface area contributed by atoms with Gasteiger partial charge in [0.15, 0.2) is 5.60 Å². The SMILES string of the molecule is CC1CCCCC1COC(=O)C12OC1C1OC1CC2C. The topological polar surface area (TPSA) is 51.4 Å². The monoisotopic (exact) mass is 280 g/mol. The second-order valence-electron chi connectivity index (χ2n) is 7.23. The summed E-state index contributed by atoms with van der Waals surface area (Å²) in [5.41, 5.74) is -0.671. The Labute approximate surface area is 120 Å². The number of esters is 1. The number of rotatable bonds is 3. The fourth-order valence-electron chi connectivity index (χ4n) is 4.32. The van der Waals surface area contributed by atoms with Crippen LogP contribution in [0.5, 0.6) is 0 Å². The minimum atomic E-state index is -0.671. The van der Waals surface area contributed by atoms with Gasteiger partial charge in [-0.1, -0.05) is 33.1 Å². The number of fused-ring (bicyclic) bond motifs is 3. The van der Waals surface area contributed by atoms with Gasteiger partial charge in [-0.2, -0.15) is 0 Å². The molecule has 4 nitrogen and oxygen atoms in total. The van der Waals surface area contributed by atoms with E-state index >= 15 is 0 Å². The Hall–Kier alpha value is -0.610. The summed E-state index contributed by atoms with van der Waals surface area (Å²) in [4.78, 5) is 12.5. The summed E-state index contributed by atoms with van der Waals surface area (Å²) in [6.07, 6.45) is 6.42. The minimum absolute atomic E-state index is 0.0347. The van der Waals surface area contributed by atoms with Crippen LogP contribution in [0.25, 0.3) is 0 Å². The summed E-state index contributed by atoms with van der Waals surface area (Å²) in [5, 5.41) is 0. The maximum absolute atomic E-state index is 12.5. The maximum Gasteiger partial charge on any atom is 0.341 e. The second kappa shape index (κ2) is 4.44. The molecule has 2 heterocycles. The van der Waals surface area contributed by atoms with Crippen LogP contribution in [0.4, 0.5) is 0 Å². The van der Waals surface area contributed by atoms with Gasteiger partial charge in [-0.3, -0.25) is 0 Å². The first kappa shape index (κ1) is 13.1. The van der Waals surface area contributed by atoms with Crippen molar-refractivity contribution in [2.24, 2.45) is 17.8 Å². The van der Waals surface area contributed by atoms with Gasteiger partial charge in [-0.25, -0.2) is 4.79 Å². The molecule has 0 radical (unpaired) electrons. The third kappa shape index (κ3) is 1.84. The third-order valence-corrected chi connectivity index (χ3v) is 5.96. The van der Waals surface area contributed by atoms with Crippen LogP contribution in [0.15, 0.2) is 0 Å². The van der Waals surface area contributed by atoms with Crippen LogP contribution in [0.2, 0.25) is 0 Å². The predicted octanol–water partition coefficient (Wildman–Crippen LogP) is 2.30. The predicted molar refractivity (Wildman–Crippen MR) is 72.1 cm³/mol. The van der Waals surface area contributed by atoms with E-state index in [-0.39, 0.29) is 24.1 Å². The number of epoxide rings is 2. The molecule has 2 saturated carbocycles. The molecule has 7 atom stereocenters. The van der Waals surface area contributed by atoms with Crippen LogP contribution in [0.3, 0.4) is 0 Å². The van der Waals surface area contributed by atoms with Crippen molar-refractivity contribution in [2.45, 2.75) is 69.9 Å². The van der Waals surface area contributed by atoms with Crippen LogP contribution in [-0.4, -0.2) is 36.5 Å². The molecule has 112 valence electrons. The highest BCUT2D eigenvalue weighted by molar-refractivity contribution is 5.84. The average molecular weight is 280 g/mol. The van der Waals surface area contributed by atoms with Crippen LogP contribution in [0.1, 0.15) is 46.0 Å². The first-order valence-electron chi connectivity index (χ1n) is 8.13. The molecular weight excluding hydrogens is 256 g/mol. The molecular formula is C16H24O4. The second-order valence-corrected chi connectivity index (χ2v) is 7.23. The zero-order chi connectivity index (χ0) is 13.9. The zero-order valence-electron chi connectivity index (χ0n) is 12.3. The molecule has 4 rings (SSSR count). The smallest absolute Gasteiger partial charge is 0.341 e. The molecule has 0 aromatic rings. The Balaban J connectivity index is 1.36. The molecule has 0 bridgehead atoms. The number of carbonyl (C=O) groups excluding carboxylic acids is 1. The van der Waals surface area contributed by atoms with Crippen molar-refractivity contribution < 1.29 is 19.0 Å². The van der Waals surface area contributed by atoms with E-state index in [1.807, 2.05) is 0 Å². The van der Waals surface area contributed by atoms with E-state index < -0.39 is 5.60 Å². The van der Waals surface area contributed by atoms with Gasteiger partial charge in [0.2, 0.25) is 0 Å². The van der Waals surface area contributed by atoms with Crippen LogP contribution in [-0.2, 0) is 19.0 Å². The normalized spacial score (nSPS) is 52.7. The highest BCUT2D eigenvalue weighted by atomic mass is 16.7. The van der Waals surface area contributed by atoms with E-state index in [4.69, 9.17) is 14.2 Å². The van der Waals surface area contributed by atoms with Gasteiger partial charge in [0.25, 0.3) is 0 Å². The first-order valence-corrected chi connectivity index (χ1v) is 8.13. The zero-order valence-corrected chi connectivity index (χ0v) is 12.3. The van der Waals surface area contributed by atoms with E-state index in [1.54, 1.807) is 0 Å². The number of carbonyl (C=O) groups is 1. The van der Waals surface area contributed by atoms with Gasteiger partial charge in [-0.15, -0.1) is 0 Å². The third-order valence-electron chi connectivity index (χ3n) is 5.96. The molecule has 2 aliphatic heterocycles. The summed E-state index contributed by atoms with van der Waals surface area (Å²) in [5.74, 6) is 1.28. The van der Waals surface area contributed by atoms with Crippen molar-refractivity contribution in [1.29, 1.82) is 0 Å². The lowest BCUT2D eigenvalue weighted by molar-refractivity contribution is -0.154. The average Bonchev–Trinajstić information content (AvgIpc) is 3.29. The molecule has 4 aliphatic rings. The Bertz CT molecular complexity index is 419. The van der Waals surface area contributed by atoms with Crippen molar-refractivity contribution in [3.63, 3.8) is 0 Å². The molecule has 4 heteroatoms. The van der Waals surface area contributed by atoms with Crippen molar-refractivity contribution in [2.75, 3.05) is 6.61 Å². The Morgan fingerprint density at radius 3 is 2.90 bits per heavy atom. The summed E-state index contributed by atoms with van der Waals surface area (Å²) < 4.78 is 17.0. The van der Waals surface area contributed by atoms with Crippen LogP contribution >= 0.6 is 0 Å². The van der Waals surface area contributed by atoms with E-state index in [0.29, 0.717) is 24.5 Å². The van der Waals surface area contributed by atoms with Crippen molar-refractivity contribution >= 4 is 5.97 Å². The molecule has 0 spiro atoms. The number of hydrogen-bond acceptors (Lipinski definition) is 4. The fraction of sp³-hybridized carbons (Fsp3) is 0.938. The largest absolute Gasteiger partial charge is 0.463 e. The molecule has 7 unspecified atom stereocenters. The first-order chi connectivity index (χ1) is 9.63. The Morgan fingerprint density at radius 1 is 1.30 bits per heavy atom. The standard InChI is InChI=1S/C16H24O4/c1-9-5-3-4-6-11(9)8-18-15(17)16-10(2)7-12-13(19-12)14(16)20-16/h9-14H,3-8H2,1-2H3. The van der Waals surface area contributed by atoms with Gasteiger partial charge in [-0.05, 0) is 24.7 Å². The summed E-state index contributed by atoms with van der Waals surface area (Å²) in [6.45, 7) is 4.93. The van der Waals surface area contributed by atoms with Crippen molar-refractivity contribution in [1.82, 2.24) is 0 Å². The van der Waals surface area contributed by atoms with Gasteiger partial charge in [0.05, 0.1) is 12.7 Å². The highest BCUT2D eigenvalue weighted by Gasteiger charge is 2.77. The summed E-state index contributed by atoms with van der Waals surface area (Å²) in [6, 6.07) is 0. The van der Waals surface area contributed by atoms with Gasteiger partial charge < -0.3 is 14.2 Å². The van der Waals surface area contributed by atoms with E-state index in [1.165, 1.54) is 25.7 Å². The Kier molecular flexibility index (Phi) is 2.90. The lowest BCUT2D eigenvalue weighted by atomic mass is 9.79. The molecule has 20 heavy (non-hydrogen) atoms. The molecule has 0 amide bonds. The number of hydrogen-bond donors (Lipinski definition) is 0. The number of ether oxygens (including phenoxy) is 3. The lowest BCUT2D eigenvalue weighted by Crippen LogP contribution is -2.42. The van der Waals surface area contributed by atoms with Crippen molar-refractivity contribution in [3.8, 4) is 0 Å². The molecule has 0 aromatic heterocycles. The molecule has 0 aromatic carbocycles. The molecule has 2 aliphatic carbocycles. The molecule has 0 N–H and O–H groups in total. The van der Waals surface area contributed by atoms with E-state index in [9.17, 15) is 4.79 Å². The van der Waals surface area contributed by atoms with Gasteiger partial charge >= 0.3 is 5.97 Å². The van der Waals surface area contributed by atoms with E-state index in [0.717, 1.165) is 6.42 Å². The fourth-order valence-corrected chi connectivity index (χ4v) is 4.32. The molecule has 4 fully saturated rings. The molecule has 2 saturated heterocycles. The van der Waals surface area contributed by atoms with Gasteiger partial charge in [0.1, 0.15) is 12.2 Å². The van der Waals surface area contributed by atoms with Crippen molar-refractivity contribution in [3.05, 3.63) is 0 Å². The van der Waals surface area contributed by atoms with Crippen LogP contribution < -0.4 is 0 Å². The lowest BCUT2D eigenvalue weighted by Gasteiger charge is -2.29. The Morgan fingerprint density at radius 2 is 2.10 bits per heavy atom. The summed E-state index contributed by atoms with van der Waals surface area (Å²) in [7, 11) is 0. The quantitative estimate of drug-likeness (QED) is 0.588. The summed E-state index contributed by atoms with van der Waals surface area (Å²) >= 11 is 0. The van der Waals surface area contributed by atoms with E-state index in [2.05, 4.69) is 13.8 Å². The minimum Gasteiger partial charge on any atom is -0.463 e. The highest BCUT2D eigenvalue weighted by Crippen LogP contribution is 2.58. The maximum atomic E-state index is 12.5.